The summed E-state index contributed by atoms with van der Waals surface area (Å²) in [6.07, 6.45) is 1.51. The Kier molecular flexibility index (Phi) is 2.13. The van der Waals surface area contributed by atoms with Crippen molar-refractivity contribution in [2.24, 2.45) is 0 Å². The van der Waals surface area contributed by atoms with Gasteiger partial charge in [-0.1, -0.05) is 5.16 Å². The van der Waals surface area contributed by atoms with Crippen molar-refractivity contribution in [3.63, 3.8) is 0 Å². The molecule has 3 nitrogen and oxygen atoms in total. The van der Waals surface area contributed by atoms with E-state index in [2.05, 4.69) is 21.1 Å². The molecule has 2 aromatic heterocycles. The molecule has 2 aromatic rings. The van der Waals surface area contributed by atoms with Gasteiger partial charge in [0.1, 0.15) is 5.69 Å². The van der Waals surface area contributed by atoms with E-state index in [1.165, 1.54) is 11.1 Å². The minimum Gasteiger partial charge on any atom is -0.394 e. The van der Waals surface area contributed by atoms with Gasteiger partial charge in [0, 0.05) is 9.35 Å². The van der Waals surface area contributed by atoms with Gasteiger partial charge < -0.3 is 10.3 Å². The normalized spacial score (nSPS) is 10.6. The number of hydrogen-bond donors (Lipinski definition) is 1. The first kappa shape index (κ1) is 8.77. The Bertz CT molecular complexity index is 435. The fourth-order valence-corrected chi connectivity index (χ4v) is 2.88. The fourth-order valence-electron chi connectivity index (χ4n) is 1.06. The Labute approximate surface area is 87.7 Å². The van der Waals surface area contributed by atoms with Crippen molar-refractivity contribution in [3.8, 4) is 10.6 Å². The second-order valence-electron chi connectivity index (χ2n) is 2.64. The maximum Gasteiger partial charge on any atom is 0.200 e. The summed E-state index contributed by atoms with van der Waals surface area (Å²) in [6, 6.07) is 2.03. The van der Waals surface area contributed by atoms with Gasteiger partial charge in [-0.25, -0.2) is 0 Å². The van der Waals surface area contributed by atoms with Crippen molar-refractivity contribution < 1.29 is 4.52 Å². The van der Waals surface area contributed by atoms with Crippen LogP contribution in [-0.4, -0.2) is 5.16 Å². The van der Waals surface area contributed by atoms with E-state index in [4.69, 9.17) is 10.3 Å². The third kappa shape index (κ3) is 1.49. The highest BCUT2D eigenvalue weighted by Crippen LogP contribution is 2.38. The summed E-state index contributed by atoms with van der Waals surface area (Å²) in [4.78, 5) is 2.20. The van der Waals surface area contributed by atoms with Crippen LogP contribution in [-0.2, 0) is 0 Å². The molecular formula is C8H7BrN2OS. The van der Waals surface area contributed by atoms with Crippen LogP contribution in [0.5, 0.6) is 0 Å². The quantitative estimate of drug-likeness (QED) is 0.856. The first-order valence-electron chi connectivity index (χ1n) is 3.65. The number of nitrogen functional groups attached to an aromatic ring is 1. The summed E-state index contributed by atoms with van der Waals surface area (Å²) in [5.41, 5.74) is 6.25. The lowest BCUT2D eigenvalue weighted by atomic mass is 10.3. The lowest BCUT2D eigenvalue weighted by molar-refractivity contribution is 0.433. The number of thiophene rings is 1. The molecule has 0 aromatic carbocycles. The number of hydrogen-bond acceptors (Lipinski definition) is 4. The highest BCUT2D eigenvalue weighted by Gasteiger charge is 2.13. The van der Waals surface area contributed by atoms with E-state index in [1.54, 1.807) is 11.3 Å². The molecule has 13 heavy (non-hydrogen) atoms. The molecule has 0 atom stereocenters. The summed E-state index contributed by atoms with van der Waals surface area (Å²) in [7, 11) is 0. The zero-order valence-electron chi connectivity index (χ0n) is 6.87. The lowest BCUT2D eigenvalue weighted by Crippen LogP contribution is -1.82. The molecule has 0 aliphatic carbocycles. The molecule has 5 heteroatoms. The van der Waals surface area contributed by atoms with Crippen LogP contribution in [0.2, 0.25) is 0 Å². The van der Waals surface area contributed by atoms with Crippen LogP contribution in [0.25, 0.3) is 10.6 Å². The van der Waals surface area contributed by atoms with Gasteiger partial charge >= 0.3 is 0 Å². The average molecular weight is 259 g/mol. The van der Waals surface area contributed by atoms with Crippen LogP contribution in [0.4, 0.5) is 5.69 Å². The Hall–Kier alpha value is -0.810. The van der Waals surface area contributed by atoms with Crippen LogP contribution >= 0.6 is 27.3 Å². The lowest BCUT2D eigenvalue weighted by Gasteiger charge is -1.91. The van der Waals surface area contributed by atoms with Crippen molar-refractivity contribution >= 4 is 33.0 Å². The Balaban J connectivity index is 2.58. The molecule has 2 heterocycles. The molecule has 0 unspecified atom stereocenters. The van der Waals surface area contributed by atoms with E-state index in [9.17, 15) is 0 Å². The molecule has 0 fully saturated rings. The molecule has 0 aliphatic rings. The van der Waals surface area contributed by atoms with E-state index >= 15 is 0 Å². The number of nitrogens with zero attached hydrogens (tertiary/aromatic N) is 1. The van der Waals surface area contributed by atoms with Crippen molar-refractivity contribution in [3.05, 3.63) is 21.6 Å². The van der Waals surface area contributed by atoms with Crippen molar-refractivity contribution in [1.29, 1.82) is 0 Å². The predicted molar refractivity (Wildman–Crippen MR) is 56.7 cm³/mol. The predicted octanol–water partition coefficient (Wildman–Crippen LogP) is 3.06. The second-order valence-corrected chi connectivity index (χ2v) is 4.76. The smallest absolute Gasteiger partial charge is 0.200 e. The first-order valence-corrected chi connectivity index (χ1v) is 5.26. The number of aromatic nitrogens is 1. The monoisotopic (exact) mass is 258 g/mol. The summed E-state index contributed by atoms with van der Waals surface area (Å²) in [6.45, 7) is 2.03. The molecule has 0 radical (unpaired) electrons. The molecule has 0 saturated carbocycles. The van der Waals surface area contributed by atoms with Crippen LogP contribution in [0.15, 0.2) is 21.3 Å². The van der Waals surface area contributed by atoms with Crippen LogP contribution in [0.1, 0.15) is 4.88 Å². The molecular weight excluding hydrogens is 252 g/mol. The molecule has 0 amide bonds. The Morgan fingerprint density at radius 3 is 2.85 bits per heavy atom. The highest BCUT2D eigenvalue weighted by molar-refractivity contribution is 9.10. The number of nitrogens with two attached hydrogens (primary N) is 1. The Morgan fingerprint density at radius 2 is 2.38 bits per heavy atom. The summed E-state index contributed by atoms with van der Waals surface area (Å²) >= 11 is 5.07. The second kappa shape index (κ2) is 3.16. The van der Waals surface area contributed by atoms with Gasteiger partial charge in [-0.2, -0.15) is 0 Å². The number of rotatable bonds is 1. The van der Waals surface area contributed by atoms with Gasteiger partial charge in [-0.15, -0.1) is 11.3 Å². The average Bonchev–Trinajstić information content (AvgIpc) is 2.58. The van der Waals surface area contributed by atoms with E-state index < -0.39 is 0 Å². The molecule has 0 aliphatic heterocycles. The van der Waals surface area contributed by atoms with Crippen LogP contribution in [0, 0.1) is 6.92 Å². The van der Waals surface area contributed by atoms with E-state index in [0.29, 0.717) is 11.4 Å². The minimum atomic E-state index is 0.572. The standard InChI is InChI=1S/C8H7BrN2OS/c1-4-2-5(9)8(13-4)7-6(10)3-11-12-7/h2-3H,10H2,1H3. The molecule has 2 rings (SSSR count). The van der Waals surface area contributed by atoms with Gasteiger partial charge in [-0.05, 0) is 28.9 Å². The van der Waals surface area contributed by atoms with Crippen LogP contribution < -0.4 is 5.73 Å². The topological polar surface area (TPSA) is 52.0 Å². The van der Waals surface area contributed by atoms with Crippen molar-refractivity contribution in [2.75, 3.05) is 5.73 Å². The SMILES string of the molecule is Cc1cc(Br)c(-c2oncc2N)s1. The maximum absolute atomic E-state index is 5.68. The largest absolute Gasteiger partial charge is 0.394 e. The fraction of sp³-hybridized carbons (Fsp3) is 0.125. The molecule has 0 spiro atoms. The van der Waals surface area contributed by atoms with Gasteiger partial charge in [0.05, 0.1) is 11.1 Å². The van der Waals surface area contributed by atoms with E-state index in [1.807, 2.05) is 13.0 Å². The molecule has 0 bridgehead atoms. The zero-order valence-corrected chi connectivity index (χ0v) is 9.28. The first-order chi connectivity index (χ1) is 6.18. The highest BCUT2D eigenvalue weighted by atomic mass is 79.9. The van der Waals surface area contributed by atoms with Gasteiger partial charge in [0.25, 0.3) is 0 Å². The third-order valence-electron chi connectivity index (χ3n) is 1.61. The van der Waals surface area contributed by atoms with Gasteiger partial charge in [-0.3, -0.25) is 0 Å². The van der Waals surface area contributed by atoms with Gasteiger partial charge in [0.2, 0.25) is 5.76 Å². The molecule has 68 valence electrons. The van der Waals surface area contributed by atoms with E-state index in [0.717, 1.165) is 9.35 Å². The molecule has 0 saturated heterocycles. The Morgan fingerprint density at radius 1 is 1.62 bits per heavy atom. The third-order valence-corrected chi connectivity index (χ3v) is 3.55. The van der Waals surface area contributed by atoms with Crippen LogP contribution in [0.3, 0.4) is 0 Å². The number of halogens is 1. The summed E-state index contributed by atoms with van der Waals surface area (Å²) in [5.74, 6) is 0.643. The molecule has 2 N–H and O–H groups in total. The zero-order chi connectivity index (χ0) is 9.42. The number of aryl methyl sites for hydroxylation is 1. The summed E-state index contributed by atoms with van der Waals surface area (Å²) in [5, 5.41) is 3.63. The van der Waals surface area contributed by atoms with Crippen molar-refractivity contribution in [1.82, 2.24) is 5.16 Å². The van der Waals surface area contributed by atoms with Gasteiger partial charge in [0.15, 0.2) is 0 Å². The maximum atomic E-state index is 5.68. The summed E-state index contributed by atoms with van der Waals surface area (Å²) < 4.78 is 6.05. The van der Waals surface area contributed by atoms with E-state index in [-0.39, 0.29) is 0 Å². The number of anilines is 1. The van der Waals surface area contributed by atoms with Crippen molar-refractivity contribution in [2.45, 2.75) is 6.92 Å². The minimum absolute atomic E-state index is 0.572.